The highest BCUT2D eigenvalue weighted by Crippen LogP contribution is 2.23. The molecule has 0 aliphatic carbocycles. The number of carbonyl (C=O) groups excluding carboxylic acids is 1. The standard InChI is InChI=1S/C23H31N3O3S/c1-25(19-20-9-4-2-5-10-20)14-8-13-24-23(27)22(21-11-6-3-7-12-21)26-15-17-30(28,29)18-16-26/h2-7,9-12,22H,8,13-19H2,1H3,(H,24,27). The third kappa shape index (κ3) is 6.65. The molecule has 1 aliphatic rings. The summed E-state index contributed by atoms with van der Waals surface area (Å²) in [5.41, 5.74) is 2.17. The zero-order valence-electron chi connectivity index (χ0n) is 17.5. The van der Waals surface area contributed by atoms with Gasteiger partial charge in [0.1, 0.15) is 6.04 Å². The molecule has 7 heteroatoms. The number of sulfone groups is 1. The van der Waals surface area contributed by atoms with Crippen molar-refractivity contribution >= 4 is 15.7 Å². The number of benzene rings is 2. The minimum absolute atomic E-state index is 0.0637. The van der Waals surface area contributed by atoms with E-state index in [0.717, 1.165) is 25.1 Å². The van der Waals surface area contributed by atoms with Crippen molar-refractivity contribution in [2.45, 2.75) is 19.0 Å². The number of carbonyl (C=O) groups is 1. The molecule has 1 N–H and O–H groups in total. The van der Waals surface area contributed by atoms with Gasteiger partial charge in [-0.2, -0.15) is 0 Å². The molecule has 162 valence electrons. The summed E-state index contributed by atoms with van der Waals surface area (Å²) < 4.78 is 23.6. The number of hydrogen-bond acceptors (Lipinski definition) is 5. The summed E-state index contributed by atoms with van der Waals surface area (Å²) in [5, 5.41) is 3.06. The first-order valence-corrected chi connectivity index (χ1v) is 12.3. The van der Waals surface area contributed by atoms with Crippen LogP contribution in [0.1, 0.15) is 23.6 Å². The van der Waals surface area contributed by atoms with Crippen molar-refractivity contribution in [2.75, 3.05) is 44.7 Å². The second-order valence-corrected chi connectivity index (χ2v) is 10.2. The Hall–Kier alpha value is -2.22. The van der Waals surface area contributed by atoms with Crippen LogP contribution in [0, 0.1) is 0 Å². The fourth-order valence-corrected chi connectivity index (χ4v) is 5.01. The Morgan fingerprint density at radius 3 is 2.27 bits per heavy atom. The van der Waals surface area contributed by atoms with Crippen molar-refractivity contribution in [3.8, 4) is 0 Å². The molecule has 0 radical (unpaired) electrons. The fraction of sp³-hybridized carbons (Fsp3) is 0.435. The first kappa shape index (κ1) is 22.5. The molecule has 1 aliphatic heterocycles. The largest absolute Gasteiger partial charge is 0.354 e. The zero-order chi connectivity index (χ0) is 21.4. The molecule has 1 heterocycles. The maximum Gasteiger partial charge on any atom is 0.241 e. The van der Waals surface area contributed by atoms with Gasteiger partial charge in [0.2, 0.25) is 5.91 Å². The highest BCUT2D eigenvalue weighted by molar-refractivity contribution is 7.91. The number of amides is 1. The summed E-state index contributed by atoms with van der Waals surface area (Å²) in [4.78, 5) is 17.2. The Morgan fingerprint density at radius 1 is 1.03 bits per heavy atom. The van der Waals surface area contributed by atoms with Gasteiger partial charge in [-0.3, -0.25) is 9.69 Å². The van der Waals surface area contributed by atoms with Crippen LogP contribution in [0.3, 0.4) is 0 Å². The average Bonchev–Trinajstić information content (AvgIpc) is 2.74. The molecule has 30 heavy (non-hydrogen) atoms. The Balaban J connectivity index is 1.52. The fourth-order valence-electron chi connectivity index (χ4n) is 3.78. The summed E-state index contributed by atoms with van der Waals surface area (Å²) in [6.07, 6.45) is 0.852. The van der Waals surface area contributed by atoms with Crippen LogP contribution in [0.2, 0.25) is 0 Å². The van der Waals surface area contributed by atoms with E-state index in [1.807, 2.05) is 53.4 Å². The molecule has 1 unspecified atom stereocenters. The molecule has 0 bridgehead atoms. The molecule has 6 nitrogen and oxygen atoms in total. The van der Waals surface area contributed by atoms with Crippen LogP contribution in [0.5, 0.6) is 0 Å². The summed E-state index contributed by atoms with van der Waals surface area (Å²) in [7, 11) is -0.913. The molecule has 0 saturated carbocycles. The predicted octanol–water partition coefficient (Wildman–Crippen LogP) is 2.10. The van der Waals surface area contributed by atoms with Gasteiger partial charge in [-0.1, -0.05) is 60.7 Å². The summed E-state index contributed by atoms with van der Waals surface area (Å²) in [6.45, 7) is 3.12. The van der Waals surface area contributed by atoms with E-state index in [2.05, 4.69) is 29.4 Å². The van der Waals surface area contributed by atoms with Gasteiger partial charge in [-0.15, -0.1) is 0 Å². The monoisotopic (exact) mass is 429 g/mol. The normalized spacial score (nSPS) is 17.5. The average molecular weight is 430 g/mol. The van der Waals surface area contributed by atoms with E-state index >= 15 is 0 Å². The van der Waals surface area contributed by atoms with Crippen LogP contribution in [-0.2, 0) is 21.2 Å². The van der Waals surface area contributed by atoms with Crippen molar-refractivity contribution in [3.05, 3.63) is 71.8 Å². The van der Waals surface area contributed by atoms with Gasteiger partial charge in [0, 0.05) is 26.2 Å². The predicted molar refractivity (Wildman–Crippen MR) is 120 cm³/mol. The van der Waals surface area contributed by atoms with Gasteiger partial charge < -0.3 is 10.2 Å². The Bertz CT molecular complexity index is 890. The molecule has 0 spiro atoms. The van der Waals surface area contributed by atoms with E-state index in [-0.39, 0.29) is 17.4 Å². The molecule has 1 fully saturated rings. The lowest BCUT2D eigenvalue weighted by molar-refractivity contribution is -0.126. The molecule has 2 aromatic rings. The van der Waals surface area contributed by atoms with Crippen LogP contribution < -0.4 is 5.32 Å². The molecule has 1 saturated heterocycles. The van der Waals surface area contributed by atoms with Gasteiger partial charge >= 0.3 is 0 Å². The molecular weight excluding hydrogens is 398 g/mol. The van der Waals surface area contributed by atoms with Crippen molar-refractivity contribution in [3.63, 3.8) is 0 Å². The minimum Gasteiger partial charge on any atom is -0.354 e. The SMILES string of the molecule is CN(CCCNC(=O)C(c1ccccc1)N1CCS(=O)(=O)CC1)Cc1ccccc1. The molecule has 3 rings (SSSR count). The van der Waals surface area contributed by atoms with Crippen molar-refractivity contribution in [1.29, 1.82) is 0 Å². The Labute approximate surface area is 179 Å². The maximum absolute atomic E-state index is 13.0. The second kappa shape index (κ2) is 10.7. The molecule has 1 atom stereocenters. The molecule has 1 amide bonds. The van der Waals surface area contributed by atoms with Crippen molar-refractivity contribution in [1.82, 2.24) is 15.1 Å². The van der Waals surface area contributed by atoms with Gasteiger partial charge in [0.25, 0.3) is 0 Å². The second-order valence-electron chi connectivity index (χ2n) is 7.87. The summed E-state index contributed by atoms with van der Waals surface area (Å²) >= 11 is 0. The Morgan fingerprint density at radius 2 is 1.63 bits per heavy atom. The quantitative estimate of drug-likeness (QED) is 0.618. The van der Waals surface area contributed by atoms with Crippen molar-refractivity contribution < 1.29 is 13.2 Å². The van der Waals surface area contributed by atoms with Crippen LogP contribution >= 0.6 is 0 Å². The van der Waals surface area contributed by atoms with Crippen molar-refractivity contribution in [2.24, 2.45) is 0 Å². The number of nitrogens with one attached hydrogen (secondary N) is 1. The van der Waals surface area contributed by atoms with E-state index in [0.29, 0.717) is 19.6 Å². The Kier molecular flexibility index (Phi) is 8.01. The smallest absolute Gasteiger partial charge is 0.241 e. The van der Waals surface area contributed by atoms with E-state index < -0.39 is 15.9 Å². The lowest BCUT2D eigenvalue weighted by Gasteiger charge is -2.33. The van der Waals surface area contributed by atoms with Gasteiger partial charge in [-0.05, 0) is 31.1 Å². The summed E-state index contributed by atoms with van der Waals surface area (Å²) in [5.74, 6) is 0.146. The van der Waals surface area contributed by atoms with Gasteiger partial charge in [-0.25, -0.2) is 8.42 Å². The van der Waals surface area contributed by atoms with Crippen LogP contribution in [0.4, 0.5) is 0 Å². The topological polar surface area (TPSA) is 69.7 Å². The molecular formula is C23H31N3O3S. The highest BCUT2D eigenvalue weighted by Gasteiger charge is 2.32. The minimum atomic E-state index is -2.99. The lowest BCUT2D eigenvalue weighted by Crippen LogP contribution is -2.47. The maximum atomic E-state index is 13.0. The highest BCUT2D eigenvalue weighted by atomic mass is 32.2. The van der Waals surface area contributed by atoms with E-state index in [9.17, 15) is 13.2 Å². The van der Waals surface area contributed by atoms with E-state index in [1.165, 1.54) is 5.56 Å². The zero-order valence-corrected chi connectivity index (χ0v) is 18.4. The van der Waals surface area contributed by atoms with E-state index in [1.54, 1.807) is 0 Å². The van der Waals surface area contributed by atoms with Gasteiger partial charge in [0.05, 0.1) is 11.5 Å². The first-order valence-electron chi connectivity index (χ1n) is 10.4. The van der Waals surface area contributed by atoms with E-state index in [4.69, 9.17) is 0 Å². The number of nitrogens with zero attached hydrogens (tertiary/aromatic N) is 2. The number of hydrogen-bond donors (Lipinski definition) is 1. The third-order valence-electron chi connectivity index (χ3n) is 5.42. The first-order chi connectivity index (χ1) is 14.4. The van der Waals surface area contributed by atoms with Crippen LogP contribution in [0.25, 0.3) is 0 Å². The third-order valence-corrected chi connectivity index (χ3v) is 7.03. The molecule has 0 aromatic heterocycles. The summed E-state index contributed by atoms with van der Waals surface area (Å²) in [6, 6.07) is 19.5. The van der Waals surface area contributed by atoms with Gasteiger partial charge in [0.15, 0.2) is 9.84 Å². The van der Waals surface area contributed by atoms with Crippen LogP contribution in [0.15, 0.2) is 60.7 Å². The molecule has 2 aromatic carbocycles. The van der Waals surface area contributed by atoms with Crippen LogP contribution in [-0.4, -0.2) is 68.9 Å². The number of rotatable bonds is 9. The lowest BCUT2D eigenvalue weighted by atomic mass is 10.0.